The molecule has 0 saturated carbocycles. The summed E-state index contributed by atoms with van der Waals surface area (Å²) < 4.78 is 44.7. The molecule has 0 radical (unpaired) electrons. The van der Waals surface area contributed by atoms with Crippen LogP contribution in [0.15, 0.2) is 71.6 Å². The fourth-order valence-electron chi connectivity index (χ4n) is 3.55. The molecule has 1 N–H and O–H groups in total. The number of nitrogens with one attached hydrogen (secondary N) is 1. The second kappa shape index (κ2) is 10.5. The van der Waals surface area contributed by atoms with Crippen molar-refractivity contribution in [1.29, 1.82) is 0 Å². The zero-order valence-corrected chi connectivity index (χ0v) is 20.8. The van der Waals surface area contributed by atoms with Crippen LogP contribution in [0.5, 0.6) is 17.2 Å². The van der Waals surface area contributed by atoms with Crippen LogP contribution >= 0.6 is 11.6 Å². The fraction of sp³-hybridized carbons (Fsp3) is 0.240. The van der Waals surface area contributed by atoms with E-state index in [1.807, 2.05) is 6.92 Å². The van der Waals surface area contributed by atoms with Crippen molar-refractivity contribution in [2.45, 2.75) is 17.9 Å². The van der Waals surface area contributed by atoms with Crippen molar-refractivity contribution in [3.05, 3.63) is 77.3 Å². The molecule has 0 unspecified atom stereocenters. The molecule has 8 nitrogen and oxygen atoms in total. The van der Waals surface area contributed by atoms with Crippen LogP contribution in [0.25, 0.3) is 0 Å². The minimum absolute atomic E-state index is 0.114. The summed E-state index contributed by atoms with van der Waals surface area (Å²) in [6.07, 6.45) is -1.05. The average Bonchev–Trinajstić information content (AvgIpc) is 2.86. The first-order valence-corrected chi connectivity index (χ1v) is 12.7. The van der Waals surface area contributed by atoms with Gasteiger partial charge >= 0.3 is 0 Å². The predicted molar refractivity (Wildman–Crippen MR) is 133 cm³/mol. The second-order valence-electron chi connectivity index (χ2n) is 7.88. The Balaban J connectivity index is 1.46. The smallest absolute Gasteiger partial charge is 0.264 e. The van der Waals surface area contributed by atoms with Gasteiger partial charge in [-0.2, -0.15) is 0 Å². The molecule has 4 rings (SSSR count). The molecule has 35 heavy (non-hydrogen) atoms. The van der Waals surface area contributed by atoms with E-state index in [0.717, 1.165) is 5.56 Å². The number of rotatable bonds is 8. The third kappa shape index (κ3) is 5.63. The van der Waals surface area contributed by atoms with Crippen molar-refractivity contribution in [2.24, 2.45) is 0 Å². The third-order valence-electron chi connectivity index (χ3n) is 5.42. The lowest BCUT2D eigenvalue weighted by atomic mass is 10.2. The summed E-state index contributed by atoms with van der Waals surface area (Å²) in [5.41, 5.74) is 1.22. The number of benzene rings is 3. The number of hydrogen-bond donors (Lipinski definition) is 1. The molecule has 3 aromatic rings. The molecule has 10 heteroatoms. The minimum atomic E-state index is -3.96. The summed E-state index contributed by atoms with van der Waals surface area (Å²) in [6.45, 7) is 2.11. The summed E-state index contributed by atoms with van der Waals surface area (Å²) in [5.74, 6) is 1.15. The monoisotopic (exact) mass is 516 g/mol. The lowest BCUT2D eigenvalue weighted by Crippen LogP contribution is -2.51. The molecule has 1 aliphatic rings. The topological polar surface area (TPSA) is 94.2 Å². The molecule has 1 amide bonds. The van der Waals surface area contributed by atoms with Crippen LogP contribution in [0.2, 0.25) is 5.02 Å². The summed E-state index contributed by atoms with van der Waals surface area (Å²) >= 11 is 6.13. The number of halogens is 1. The zero-order valence-electron chi connectivity index (χ0n) is 19.2. The molecule has 0 aromatic heterocycles. The van der Waals surface area contributed by atoms with Crippen LogP contribution in [0.4, 0.5) is 5.69 Å². The maximum atomic E-state index is 13.5. The van der Waals surface area contributed by atoms with Crippen LogP contribution in [-0.2, 0) is 14.8 Å². The Kier molecular flexibility index (Phi) is 7.37. The van der Waals surface area contributed by atoms with Crippen LogP contribution < -0.4 is 23.8 Å². The number of anilines is 1. The van der Waals surface area contributed by atoms with Gasteiger partial charge in [0.05, 0.1) is 30.8 Å². The molecular weight excluding hydrogens is 492 g/mol. The normalized spacial score (nSPS) is 15.1. The first-order chi connectivity index (χ1) is 16.8. The molecule has 1 atom stereocenters. The maximum absolute atomic E-state index is 13.5. The molecule has 1 heterocycles. The van der Waals surface area contributed by atoms with E-state index in [4.69, 9.17) is 25.8 Å². The van der Waals surface area contributed by atoms with Crippen molar-refractivity contribution in [1.82, 2.24) is 5.32 Å². The van der Waals surface area contributed by atoms with Crippen molar-refractivity contribution in [3.63, 3.8) is 0 Å². The van der Waals surface area contributed by atoms with Crippen LogP contribution in [0, 0.1) is 6.92 Å². The Bertz CT molecular complexity index is 1300. The molecule has 0 aliphatic carbocycles. The molecule has 0 bridgehead atoms. The van der Waals surface area contributed by atoms with E-state index in [0.29, 0.717) is 16.5 Å². The van der Waals surface area contributed by atoms with E-state index in [1.165, 1.54) is 22.5 Å². The van der Waals surface area contributed by atoms with E-state index in [9.17, 15) is 13.2 Å². The van der Waals surface area contributed by atoms with Gasteiger partial charge in [0.1, 0.15) is 23.9 Å². The first kappa shape index (κ1) is 24.7. The van der Waals surface area contributed by atoms with Crippen molar-refractivity contribution in [3.8, 4) is 17.2 Å². The van der Waals surface area contributed by atoms with Crippen LogP contribution in [0.3, 0.4) is 0 Å². The maximum Gasteiger partial charge on any atom is 0.264 e. The Labute approximate surface area is 209 Å². The lowest BCUT2D eigenvalue weighted by Gasteiger charge is -2.34. The largest absolute Gasteiger partial charge is 0.497 e. The Morgan fingerprint density at radius 2 is 1.77 bits per heavy atom. The minimum Gasteiger partial charge on any atom is -0.497 e. The summed E-state index contributed by atoms with van der Waals surface area (Å²) in [6, 6.07) is 18.3. The van der Waals surface area contributed by atoms with Gasteiger partial charge in [-0.05, 0) is 61.5 Å². The number of sulfonamides is 1. The number of amides is 1. The summed E-state index contributed by atoms with van der Waals surface area (Å²) in [7, 11) is -2.38. The van der Waals surface area contributed by atoms with Crippen molar-refractivity contribution in [2.75, 3.05) is 31.1 Å². The highest BCUT2D eigenvalue weighted by molar-refractivity contribution is 7.92. The van der Waals surface area contributed by atoms with Gasteiger partial charge in [0.25, 0.3) is 15.9 Å². The quantitative estimate of drug-likeness (QED) is 0.458. The molecule has 0 saturated heterocycles. The molecule has 1 aliphatic heterocycles. The average molecular weight is 517 g/mol. The van der Waals surface area contributed by atoms with Gasteiger partial charge in [-0.3, -0.25) is 9.10 Å². The highest BCUT2D eigenvalue weighted by atomic mass is 35.5. The van der Waals surface area contributed by atoms with Gasteiger partial charge in [0.15, 0.2) is 6.10 Å². The molecule has 3 aromatic carbocycles. The Morgan fingerprint density at radius 3 is 2.46 bits per heavy atom. The van der Waals surface area contributed by atoms with Gasteiger partial charge in [-0.1, -0.05) is 29.3 Å². The second-order valence-corrected chi connectivity index (χ2v) is 10.2. The lowest BCUT2D eigenvalue weighted by molar-refractivity contribution is -0.127. The molecule has 0 spiro atoms. The molecular formula is C25H25ClN2O6S. The number of fused-ring (bicyclic) bond motifs is 1. The standard InChI is InChI=1S/C25H25ClN2O6S/c1-17-3-10-21(11-4-17)35(30,31)28-16-24(34-23-12-5-18(26)15-22(23)28)25(29)27-13-14-33-20-8-6-19(32-2)7-9-20/h3-12,15,24H,13-14,16H2,1-2H3,(H,27,29)/t24-/m0/s1. The summed E-state index contributed by atoms with van der Waals surface area (Å²) in [5, 5.41) is 3.10. The van der Waals surface area contributed by atoms with Gasteiger partial charge in [-0.15, -0.1) is 0 Å². The van der Waals surface area contributed by atoms with E-state index in [2.05, 4.69) is 5.32 Å². The predicted octanol–water partition coefficient (Wildman–Crippen LogP) is 3.81. The third-order valence-corrected chi connectivity index (χ3v) is 7.45. The van der Waals surface area contributed by atoms with Crippen molar-refractivity contribution >= 4 is 33.2 Å². The van der Waals surface area contributed by atoms with Gasteiger partial charge in [0.2, 0.25) is 0 Å². The van der Waals surface area contributed by atoms with E-state index < -0.39 is 22.0 Å². The van der Waals surface area contributed by atoms with Gasteiger partial charge in [0, 0.05) is 5.02 Å². The number of carbonyl (C=O) groups excluding carboxylic acids is 1. The number of hydrogen-bond acceptors (Lipinski definition) is 6. The number of methoxy groups -OCH3 is 1. The Hall–Kier alpha value is -3.43. The van der Waals surface area contributed by atoms with Crippen molar-refractivity contribution < 1.29 is 27.4 Å². The van der Waals surface area contributed by atoms with Crippen LogP contribution in [-0.4, -0.2) is 47.2 Å². The van der Waals surface area contributed by atoms with Gasteiger partial charge < -0.3 is 19.5 Å². The highest BCUT2D eigenvalue weighted by Gasteiger charge is 2.37. The zero-order chi connectivity index (χ0) is 25.0. The highest BCUT2D eigenvalue weighted by Crippen LogP contribution is 2.38. The fourth-order valence-corrected chi connectivity index (χ4v) is 5.19. The number of nitrogens with zero attached hydrogens (tertiary/aromatic N) is 1. The number of ether oxygens (including phenoxy) is 3. The number of carbonyl (C=O) groups is 1. The molecule has 0 fully saturated rings. The summed E-state index contributed by atoms with van der Waals surface area (Å²) in [4.78, 5) is 13.0. The first-order valence-electron chi connectivity index (χ1n) is 10.9. The Morgan fingerprint density at radius 1 is 1.09 bits per heavy atom. The SMILES string of the molecule is COc1ccc(OCCNC(=O)[C@@H]2CN(S(=O)(=O)c3ccc(C)cc3)c3cc(Cl)ccc3O2)cc1. The van der Waals surface area contributed by atoms with Crippen LogP contribution in [0.1, 0.15) is 5.56 Å². The van der Waals surface area contributed by atoms with E-state index >= 15 is 0 Å². The molecule has 184 valence electrons. The van der Waals surface area contributed by atoms with E-state index in [-0.39, 0.29) is 36.0 Å². The van der Waals surface area contributed by atoms with E-state index in [1.54, 1.807) is 55.6 Å². The van der Waals surface area contributed by atoms with Gasteiger partial charge in [-0.25, -0.2) is 8.42 Å². The number of aryl methyl sites for hydroxylation is 1.